The van der Waals surface area contributed by atoms with E-state index >= 15 is 0 Å². The van der Waals surface area contributed by atoms with Crippen LogP contribution in [0.5, 0.6) is 0 Å². The monoisotopic (exact) mass is 320 g/mol. The molecule has 1 N–H and O–H groups in total. The van der Waals surface area contributed by atoms with E-state index in [9.17, 15) is 9.59 Å². The highest BCUT2D eigenvalue weighted by Crippen LogP contribution is 2.59. The Morgan fingerprint density at radius 3 is 2.54 bits per heavy atom. The third-order valence-corrected chi connectivity index (χ3v) is 5.25. The summed E-state index contributed by atoms with van der Waals surface area (Å²) in [5.74, 6) is 0.388. The second-order valence-electron chi connectivity index (χ2n) is 6.84. The number of hydrogen-bond donors (Lipinski definition) is 1. The van der Waals surface area contributed by atoms with Crippen molar-refractivity contribution in [2.24, 2.45) is 5.92 Å². The van der Waals surface area contributed by atoms with Crippen LogP contribution in [-0.2, 0) is 10.2 Å². The maximum absolute atomic E-state index is 13.0. The van der Waals surface area contributed by atoms with Crippen molar-refractivity contribution in [1.29, 1.82) is 0 Å². The lowest BCUT2D eigenvalue weighted by Gasteiger charge is -2.22. The number of benzene rings is 2. The average molecular weight is 320 g/mol. The van der Waals surface area contributed by atoms with Crippen molar-refractivity contribution in [3.05, 3.63) is 65.7 Å². The van der Waals surface area contributed by atoms with Gasteiger partial charge in [0.25, 0.3) is 5.91 Å². The maximum Gasteiger partial charge on any atom is 0.256 e. The number of anilines is 1. The molecule has 0 aromatic heterocycles. The standard InChI is InChI=1S/C20H20N2O2/c1-14(23)21-18-10-6-5-9-17(18)19(24)22-12-16-11-20(16,13-22)15-7-3-2-4-8-15/h2-10,16H,11-13H2,1H3,(H,21,23). The molecule has 1 aliphatic carbocycles. The zero-order valence-electron chi connectivity index (χ0n) is 13.7. The minimum Gasteiger partial charge on any atom is -0.337 e. The van der Waals surface area contributed by atoms with Crippen LogP contribution in [0.1, 0.15) is 29.3 Å². The molecule has 1 saturated carbocycles. The summed E-state index contributed by atoms with van der Waals surface area (Å²) in [5, 5.41) is 2.75. The molecule has 122 valence electrons. The normalized spacial score (nSPS) is 24.4. The van der Waals surface area contributed by atoms with Gasteiger partial charge in [0.05, 0.1) is 11.3 Å². The number of piperidine rings is 1. The topological polar surface area (TPSA) is 49.4 Å². The molecule has 2 aliphatic rings. The Labute approximate surface area is 141 Å². The first-order chi connectivity index (χ1) is 11.6. The highest BCUT2D eigenvalue weighted by atomic mass is 16.2. The summed E-state index contributed by atoms with van der Waals surface area (Å²) in [6, 6.07) is 17.7. The Bertz CT molecular complexity index is 802. The van der Waals surface area contributed by atoms with Crippen LogP contribution in [0.25, 0.3) is 0 Å². The number of amides is 2. The number of fused-ring (bicyclic) bond motifs is 1. The van der Waals surface area contributed by atoms with E-state index in [-0.39, 0.29) is 17.2 Å². The van der Waals surface area contributed by atoms with Gasteiger partial charge in [0.1, 0.15) is 0 Å². The molecule has 4 nitrogen and oxygen atoms in total. The van der Waals surface area contributed by atoms with Crippen molar-refractivity contribution in [2.45, 2.75) is 18.8 Å². The van der Waals surface area contributed by atoms with Gasteiger partial charge in [0.2, 0.25) is 5.91 Å². The van der Waals surface area contributed by atoms with Gasteiger partial charge in [-0.2, -0.15) is 0 Å². The zero-order chi connectivity index (χ0) is 16.7. The number of para-hydroxylation sites is 1. The molecule has 4 heteroatoms. The Balaban J connectivity index is 1.57. The van der Waals surface area contributed by atoms with Crippen LogP contribution in [-0.4, -0.2) is 29.8 Å². The average Bonchev–Trinajstić information content (AvgIpc) is 3.17. The molecule has 1 heterocycles. The van der Waals surface area contributed by atoms with Gasteiger partial charge in [-0.1, -0.05) is 42.5 Å². The van der Waals surface area contributed by atoms with E-state index in [4.69, 9.17) is 0 Å². The molecule has 0 spiro atoms. The van der Waals surface area contributed by atoms with Gasteiger partial charge < -0.3 is 10.2 Å². The minimum atomic E-state index is -0.166. The molecule has 2 amide bonds. The van der Waals surface area contributed by atoms with Crippen LogP contribution in [0.2, 0.25) is 0 Å². The van der Waals surface area contributed by atoms with E-state index in [0.29, 0.717) is 17.2 Å². The SMILES string of the molecule is CC(=O)Nc1ccccc1C(=O)N1CC2CC2(c2ccccc2)C1. The molecule has 1 aliphatic heterocycles. The van der Waals surface area contributed by atoms with Crippen LogP contribution in [0, 0.1) is 5.92 Å². The molecule has 2 fully saturated rings. The van der Waals surface area contributed by atoms with Gasteiger partial charge in [0.15, 0.2) is 0 Å². The maximum atomic E-state index is 13.0. The fourth-order valence-corrected chi connectivity index (χ4v) is 3.99. The molecule has 24 heavy (non-hydrogen) atoms. The smallest absolute Gasteiger partial charge is 0.256 e. The molecule has 2 aromatic rings. The summed E-state index contributed by atoms with van der Waals surface area (Å²) >= 11 is 0. The molecule has 1 saturated heterocycles. The number of rotatable bonds is 3. The zero-order valence-corrected chi connectivity index (χ0v) is 13.7. The Hall–Kier alpha value is -2.62. The summed E-state index contributed by atoms with van der Waals surface area (Å²) < 4.78 is 0. The lowest BCUT2D eigenvalue weighted by Crippen LogP contribution is -2.33. The van der Waals surface area contributed by atoms with Crippen molar-refractivity contribution >= 4 is 17.5 Å². The summed E-state index contributed by atoms with van der Waals surface area (Å²) in [4.78, 5) is 26.3. The van der Waals surface area contributed by atoms with Gasteiger partial charge in [-0.25, -0.2) is 0 Å². The molecule has 2 unspecified atom stereocenters. The summed E-state index contributed by atoms with van der Waals surface area (Å²) in [5.41, 5.74) is 2.63. The van der Waals surface area contributed by atoms with Crippen LogP contribution in [0.4, 0.5) is 5.69 Å². The van der Waals surface area contributed by atoms with Gasteiger partial charge in [-0.15, -0.1) is 0 Å². The Morgan fingerprint density at radius 1 is 1.08 bits per heavy atom. The fourth-order valence-electron chi connectivity index (χ4n) is 3.99. The fraction of sp³-hybridized carbons (Fsp3) is 0.300. The predicted molar refractivity (Wildman–Crippen MR) is 92.9 cm³/mol. The highest BCUT2D eigenvalue weighted by Gasteiger charge is 2.61. The number of carbonyl (C=O) groups is 2. The van der Waals surface area contributed by atoms with Crippen molar-refractivity contribution in [3.8, 4) is 0 Å². The van der Waals surface area contributed by atoms with Crippen LogP contribution in [0.3, 0.4) is 0 Å². The first-order valence-electron chi connectivity index (χ1n) is 8.31. The summed E-state index contributed by atoms with van der Waals surface area (Å²) in [7, 11) is 0. The van der Waals surface area contributed by atoms with Gasteiger partial charge in [0, 0.05) is 25.4 Å². The van der Waals surface area contributed by atoms with Crippen molar-refractivity contribution in [1.82, 2.24) is 4.90 Å². The Kier molecular flexibility index (Phi) is 3.41. The van der Waals surface area contributed by atoms with E-state index in [1.807, 2.05) is 23.1 Å². The van der Waals surface area contributed by atoms with Crippen LogP contribution < -0.4 is 5.32 Å². The molecule has 0 bridgehead atoms. The number of carbonyl (C=O) groups excluding carboxylic acids is 2. The molecule has 0 radical (unpaired) electrons. The van der Waals surface area contributed by atoms with Gasteiger partial charge >= 0.3 is 0 Å². The summed E-state index contributed by atoms with van der Waals surface area (Å²) in [6.07, 6.45) is 1.16. The second-order valence-corrected chi connectivity index (χ2v) is 6.84. The van der Waals surface area contributed by atoms with E-state index in [1.54, 1.807) is 12.1 Å². The van der Waals surface area contributed by atoms with Crippen LogP contribution in [0.15, 0.2) is 54.6 Å². The second kappa shape index (κ2) is 5.48. The first-order valence-corrected chi connectivity index (χ1v) is 8.31. The number of likely N-dealkylation sites (tertiary alicyclic amines) is 1. The van der Waals surface area contributed by atoms with E-state index in [0.717, 1.165) is 19.5 Å². The third-order valence-electron chi connectivity index (χ3n) is 5.25. The van der Waals surface area contributed by atoms with Gasteiger partial charge in [-0.3, -0.25) is 9.59 Å². The largest absolute Gasteiger partial charge is 0.337 e. The van der Waals surface area contributed by atoms with Crippen LogP contribution >= 0.6 is 0 Å². The van der Waals surface area contributed by atoms with Gasteiger partial charge in [-0.05, 0) is 30.0 Å². The van der Waals surface area contributed by atoms with E-state index in [1.165, 1.54) is 12.5 Å². The molecule has 2 atom stereocenters. The lowest BCUT2D eigenvalue weighted by atomic mass is 9.95. The predicted octanol–water partition coefficient (Wildman–Crippen LogP) is 3.06. The number of nitrogens with zero attached hydrogens (tertiary/aromatic N) is 1. The van der Waals surface area contributed by atoms with E-state index < -0.39 is 0 Å². The summed E-state index contributed by atoms with van der Waals surface area (Å²) in [6.45, 7) is 3.01. The minimum absolute atomic E-state index is 0.00172. The highest BCUT2D eigenvalue weighted by molar-refractivity contribution is 6.03. The molecule has 4 rings (SSSR count). The molecular formula is C20H20N2O2. The van der Waals surface area contributed by atoms with Crippen molar-refractivity contribution in [3.63, 3.8) is 0 Å². The number of hydrogen-bond acceptors (Lipinski definition) is 2. The number of nitrogens with one attached hydrogen (secondary N) is 1. The Morgan fingerprint density at radius 2 is 1.79 bits per heavy atom. The molecular weight excluding hydrogens is 300 g/mol. The quantitative estimate of drug-likeness (QED) is 0.945. The van der Waals surface area contributed by atoms with E-state index in [2.05, 4.69) is 29.6 Å². The van der Waals surface area contributed by atoms with Crippen molar-refractivity contribution < 1.29 is 9.59 Å². The lowest BCUT2D eigenvalue weighted by molar-refractivity contribution is -0.114. The third kappa shape index (κ3) is 2.39. The first kappa shape index (κ1) is 14.9. The molecule has 2 aromatic carbocycles. The van der Waals surface area contributed by atoms with Crippen molar-refractivity contribution in [2.75, 3.05) is 18.4 Å².